The Bertz CT molecular complexity index is 695. The standard InChI is InChI=1S/C16H13F3N2O/c17-16(18,19)11-7-5-10(6-8-11)9-14-15(22)21-13-4-2-1-3-12(13)20-14/h1-8,14,20H,9H2,(H,21,22). The van der Waals surface area contributed by atoms with Crippen molar-refractivity contribution in [2.45, 2.75) is 18.6 Å². The summed E-state index contributed by atoms with van der Waals surface area (Å²) in [7, 11) is 0. The molecule has 0 aliphatic carbocycles. The number of rotatable bonds is 2. The van der Waals surface area contributed by atoms with Gasteiger partial charge in [-0.3, -0.25) is 4.79 Å². The van der Waals surface area contributed by atoms with Gasteiger partial charge < -0.3 is 10.6 Å². The fourth-order valence-electron chi connectivity index (χ4n) is 2.40. The van der Waals surface area contributed by atoms with Crippen LogP contribution < -0.4 is 10.6 Å². The Kier molecular flexibility index (Phi) is 3.52. The van der Waals surface area contributed by atoms with Crippen molar-refractivity contribution in [3.05, 3.63) is 59.7 Å². The molecule has 3 nitrogen and oxygen atoms in total. The third-order valence-electron chi connectivity index (χ3n) is 3.55. The first-order valence-electron chi connectivity index (χ1n) is 6.76. The summed E-state index contributed by atoms with van der Waals surface area (Å²) >= 11 is 0. The van der Waals surface area contributed by atoms with E-state index in [0.29, 0.717) is 17.7 Å². The molecule has 1 unspecified atom stereocenters. The smallest absolute Gasteiger partial charge is 0.372 e. The van der Waals surface area contributed by atoms with E-state index in [0.717, 1.165) is 17.8 Å². The first kappa shape index (κ1) is 14.4. The molecule has 0 radical (unpaired) electrons. The quantitative estimate of drug-likeness (QED) is 0.888. The molecule has 2 N–H and O–H groups in total. The number of hydrogen-bond donors (Lipinski definition) is 2. The van der Waals surface area contributed by atoms with Crippen LogP contribution in [0.4, 0.5) is 24.5 Å². The van der Waals surface area contributed by atoms with E-state index in [1.807, 2.05) is 18.2 Å². The van der Waals surface area contributed by atoms with Crippen LogP contribution in [0.1, 0.15) is 11.1 Å². The van der Waals surface area contributed by atoms with Crippen LogP contribution in [0.15, 0.2) is 48.5 Å². The van der Waals surface area contributed by atoms with Gasteiger partial charge in [-0.1, -0.05) is 24.3 Å². The number of fused-ring (bicyclic) bond motifs is 1. The zero-order chi connectivity index (χ0) is 15.7. The lowest BCUT2D eigenvalue weighted by atomic mass is 10.0. The number of nitrogens with one attached hydrogen (secondary N) is 2. The molecule has 1 atom stereocenters. The highest BCUT2D eigenvalue weighted by Crippen LogP contribution is 2.30. The molecule has 3 rings (SSSR count). The molecule has 22 heavy (non-hydrogen) atoms. The molecular formula is C16H13F3N2O. The van der Waals surface area contributed by atoms with Gasteiger partial charge in [-0.2, -0.15) is 13.2 Å². The summed E-state index contributed by atoms with van der Waals surface area (Å²) in [6.45, 7) is 0. The van der Waals surface area contributed by atoms with Crippen LogP contribution in [0.2, 0.25) is 0 Å². The molecule has 2 aromatic carbocycles. The number of para-hydroxylation sites is 2. The first-order chi connectivity index (χ1) is 10.4. The Morgan fingerprint density at radius 3 is 2.23 bits per heavy atom. The second-order valence-corrected chi connectivity index (χ2v) is 5.13. The largest absolute Gasteiger partial charge is 0.416 e. The normalized spacial score (nSPS) is 17.4. The Morgan fingerprint density at radius 2 is 1.59 bits per heavy atom. The van der Waals surface area contributed by atoms with Gasteiger partial charge in [0.2, 0.25) is 5.91 Å². The predicted molar refractivity (Wildman–Crippen MR) is 77.6 cm³/mol. The molecular weight excluding hydrogens is 293 g/mol. The van der Waals surface area contributed by atoms with Crippen LogP contribution in [-0.4, -0.2) is 11.9 Å². The molecule has 1 aliphatic rings. The van der Waals surface area contributed by atoms with Crippen LogP contribution in [0.25, 0.3) is 0 Å². The summed E-state index contributed by atoms with van der Waals surface area (Å²) in [5, 5.41) is 5.89. The van der Waals surface area contributed by atoms with E-state index in [1.165, 1.54) is 12.1 Å². The monoisotopic (exact) mass is 306 g/mol. The molecule has 0 bridgehead atoms. The van der Waals surface area contributed by atoms with Crippen LogP contribution in [0, 0.1) is 0 Å². The minimum Gasteiger partial charge on any atom is -0.372 e. The van der Waals surface area contributed by atoms with Crippen LogP contribution in [0.5, 0.6) is 0 Å². The number of anilines is 2. The highest BCUT2D eigenvalue weighted by molar-refractivity contribution is 6.03. The van der Waals surface area contributed by atoms with E-state index in [4.69, 9.17) is 0 Å². The van der Waals surface area contributed by atoms with Gasteiger partial charge in [0, 0.05) is 6.42 Å². The lowest BCUT2D eigenvalue weighted by molar-refractivity contribution is -0.137. The lowest BCUT2D eigenvalue weighted by Gasteiger charge is -2.26. The molecule has 1 amide bonds. The van der Waals surface area contributed by atoms with E-state index < -0.39 is 17.8 Å². The van der Waals surface area contributed by atoms with Crippen LogP contribution in [-0.2, 0) is 17.4 Å². The van der Waals surface area contributed by atoms with Crippen molar-refractivity contribution < 1.29 is 18.0 Å². The summed E-state index contributed by atoms with van der Waals surface area (Å²) in [6.07, 6.45) is -4.03. The third-order valence-corrected chi connectivity index (χ3v) is 3.55. The van der Waals surface area contributed by atoms with Crippen LogP contribution in [0.3, 0.4) is 0 Å². The van der Waals surface area contributed by atoms with E-state index >= 15 is 0 Å². The summed E-state index contributed by atoms with van der Waals surface area (Å²) in [4.78, 5) is 12.0. The molecule has 0 saturated heterocycles. The fraction of sp³-hybridized carbons (Fsp3) is 0.188. The molecule has 114 valence electrons. The zero-order valence-corrected chi connectivity index (χ0v) is 11.4. The van der Waals surface area contributed by atoms with Gasteiger partial charge in [0.05, 0.1) is 16.9 Å². The number of alkyl halides is 3. The molecule has 0 saturated carbocycles. The van der Waals surface area contributed by atoms with Gasteiger partial charge in [0.25, 0.3) is 0 Å². The predicted octanol–water partition coefficient (Wildman–Crippen LogP) is 3.68. The highest BCUT2D eigenvalue weighted by Gasteiger charge is 2.30. The van der Waals surface area contributed by atoms with Crippen molar-refractivity contribution in [2.24, 2.45) is 0 Å². The Labute approximate surface area is 125 Å². The topological polar surface area (TPSA) is 41.1 Å². The minimum atomic E-state index is -4.35. The van der Waals surface area contributed by atoms with Gasteiger partial charge in [-0.25, -0.2) is 0 Å². The van der Waals surface area contributed by atoms with Crippen molar-refractivity contribution in [3.8, 4) is 0 Å². The summed E-state index contributed by atoms with van der Waals surface area (Å²) in [5.74, 6) is -0.196. The van der Waals surface area contributed by atoms with Gasteiger partial charge in [-0.15, -0.1) is 0 Å². The molecule has 6 heteroatoms. The van der Waals surface area contributed by atoms with E-state index in [9.17, 15) is 18.0 Å². The Balaban J connectivity index is 1.75. The average molecular weight is 306 g/mol. The van der Waals surface area contributed by atoms with E-state index in [1.54, 1.807) is 6.07 Å². The number of amides is 1. The van der Waals surface area contributed by atoms with Crippen molar-refractivity contribution in [1.82, 2.24) is 0 Å². The number of carbonyl (C=O) groups excluding carboxylic acids is 1. The van der Waals surface area contributed by atoms with Crippen molar-refractivity contribution >= 4 is 17.3 Å². The third kappa shape index (κ3) is 2.90. The van der Waals surface area contributed by atoms with E-state index in [-0.39, 0.29) is 5.91 Å². The Hall–Kier alpha value is -2.50. The second kappa shape index (κ2) is 5.36. The molecule has 0 fully saturated rings. The maximum Gasteiger partial charge on any atom is 0.416 e. The summed E-state index contributed by atoms with van der Waals surface area (Å²) < 4.78 is 37.6. The van der Waals surface area contributed by atoms with Gasteiger partial charge in [-0.05, 0) is 29.8 Å². The number of hydrogen-bond acceptors (Lipinski definition) is 2. The van der Waals surface area contributed by atoms with Gasteiger partial charge in [0.1, 0.15) is 6.04 Å². The van der Waals surface area contributed by atoms with Crippen molar-refractivity contribution in [1.29, 1.82) is 0 Å². The van der Waals surface area contributed by atoms with Crippen LogP contribution >= 0.6 is 0 Å². The lowest BCUT2D eigenvalue weighted by Crippen LogP contribution is -2.40. The average Bonchev–Trinajstić information content (AvgIpc) is 2.48. The SMILES string of the molecule is O=C1Nc2ccccc2NC1Cc1ccc(C(F)(F)F)cc1. The summed E-state index contributed by atoms with van der Waals surface area (Å²) in [6, 6.07) is 11.6. The fourth-order valence-corrected chi connectivity index (χ4v) is 2.40. The van der Waals surface area contributed by atoms with Crippen molar-refractivity contribution in [3.63, 3.8) is 0 Å². The Morgan fingerprint density at radius 1 is 0.955 bits per heavy atom. The zero-order valence-electron chi connectivity index (χ0n) is 11.4. The summed E-state index contributed by atoms with van der Waals surface area (Å²) in [5.41, 5.74) is 1.48. The molecule has 0 spiro atoms. The molecule has 1 aliphatic heterocycles. The molecule has 1 heterocycles. The van der Waals surface area contributed by atoms with Gasteiger partial charge >= 0.3 is 6.18 Å². The molecule has 0 aromatic heterocycles. The second-order valence-electron chi connectivity index (χ2n) is 5.13. The maximum atomic E-state index is 12.5. The minimum absolute atomic E-state index is 0.196. The number of benzene rings is 2. The highest BCUT2D eigenvalue weighted by atomic mass is 19.4. The number of carbonyl (C=O) groups is 1. The van der Waals surface area contributed by atoms with Crippen molar-refractivity contribution in [2.75, 3.05) is 10.6 Å². The maximum absolute atomic E-state index is 12.5. The molecule has 2 aromatic rings. The first-order valence-corrected chi connectivity index (χ1v) is 6.76. The van der Waals surface area contributed by atoms with Gasteiger partial charge in [0.15, 0.2) is 0 Å². The number of halogens is 3. The van der Waals surface area contributed by atoms with E-state index in [2.05, 4.69) is 10.6 Å².